The van der Waals surface area contributed by atoms with E-state index in [1.54, 1.807) is 6.07 Å². The Morgan fingerprint density at radius 3 is 2.53 bits per heavy atom. The Hall–Kier alpha value is -2.16. The largest absolute Gasteiger partial charge is 0.478 e. The smallest absolute Gasteiger partial charge is 0.338 e. The first kappa shape index (κ1) is 11.3. The van der Waals surface area contributed by atoms with E-state index in [0.29, 0.717) is 5.56 Å². The van der Waals surface area contributed by atoms with Crippen LogP contribution in [-0.2, 0) is 0 Å². The predicted molar refractivity (Wildman–Crippen MR) is 63.5 cm³/mol. The van der Waals surface area contributed by atoms with Crippen molar-refractivity contribution in [3.8, 4) is 11.1 Å². The second kappa shape index (κ2) is 4.37. The van der Waals surface area contributed by atoms with E-state index < -0.39 is 11.8 Å². The maximum Gasteiger partial charge on any atom is 0.338 e. The molecule has 0 atom stereocenters. The highest BCUT2D eigenvalue weighted by Gasteiger charge is 2.12. The third-order valence-corrected chi connectivity index (χ3v) is 2.65. The van der Waals surface area contributed by atoms with Gasteiger partial charge < -0.3 is 5.11 Å². The van der Waals surface area contributed by atoms with Crippen LogP contribution < -0.4 is 0 Å². The van der Waals surface area contributed by atoms with Gasteiger partial charge in [-0.3, -0.25) is 0 Å². The number of carboxylic acids is 1. The molecule has 1 N–H and O–H groups in total. The average Bonchev–Trinajstić information content (AvgIpc) is 2.30. The Labute approximate surface area is 98.3 Å². The fourth-order valence-electron chi connectivity index (χ4n) is 1.75. The molecule has 2 rings (SSSR count). The number of aromatic carboxylic acids is 1. The van der Waals surface area contributed by atoms with Crippen molar-refractivity contribution in [1.29, 1.82) is 0 Å². The number of benzene rings is 2. The standard InChI is InChI=1S/C14H11FO2/c1-9-4-2-3-5-11(9)10-6-7-13(15)12(8-10)14(16)17/h2-8H,1H3,(H,16,17). The number of carboxylic acid groups (broad SMARTS) is 1. The summed E-state index contributed by atoms with van der Waals surface area (Å²) in [5, 5.41) is 8.87. The van der Waals surface area contributed by atoms with E-state index in [2.05, 4.69) is 0 Å². The molecule has 0 radical (unpaired) electrons. The fraction of sp³-hybridized carbons (Fsp3) is 0.0714. The number of rotatable bonds is 2. The molecule has 0 aliphatic carbocycles. The molecule has 0 bridgehead atoms. The van der Waals surface area contributed by atoms with Gasteiger partial charge in [0, 0.05) is 0 Å². The highest BCUT2D eigenvalue weighted by molar-refractivity contribution is 5.90. The Bertz CT molecular complexity index is 576. The van der Waals surface area contributed by atoms with Crippen molar-refractivity contribution in [2.75, 3.05) is 0 Å². The van der Waals surface area contributed by atoms with Gasteiger partial charge in [0.25, 0.3) is 0 Å². The monoisotopic (exact) mass is 230 g/mol. The van der Waals surface area contributed by atoms with E-state index in [1.165, 1.54) is 12.1 Å². The average molecular weight is 230 g/mol. The van der Waals surface area contributed by atoms with E-state index in [1.807, 2.05) is 31.2 Å². The van der Waals surface area contributed by atoms with E-state index >= 15 is 0 Å². The number of hydrogen-bond acceptors (Lipinski definition) is 1. The van der Waals surface area contributed by atoms with E-state index in [4.69, 9.17) is 5.11 Å². The van der Waals surface area contributed by atoms with Crippen LogP contribution in [0.2, 0.25) is 0 Å². The van der Waals surface area contributed by atoms with Gasteiger partial charge in [-0.15, -0.1) is 0 Å². The molecule has 17 heavy (non-hydrogen) atoms. The summed E-state index contributed by atoms with van der Waals surface area (Å²) in [5.74, 6) is -1.97. The lowest BCUT2D eigenvalue weighted by atomic mass is 9.99. The quantitative estimate of drug-likeness (QED) is 0.857. The SMILES string of the molecule is Cc1ccccc1-c1ccc(F)c(C(=O)O)c1. The Balaban J connectivity index is 2.58. The van der Waals surface area contributed by atoms with Gasteiger partial charge in [0.2, 0.25) is 0 Å². The topological polar surface area (TPSA) is 37.3 Å². The molecule has 0 heterocycles. The first-order chi connectivity index (χ1) is 8.09. The third-order valence-electron chi connectivity index (χ3n) is 2.65. The first-order valence-electron chi connectivity index (χ1n) is 5.18. The number of halogens is 1. The summed E-state index contributed by atoms with van der Waals surface area (Å²) in [7, 11) is 0. The van der Waals surface area contributed by atoms with Gasteiger partial charge >= 0.3 is 5.97 Å². The fourth-order valence-corrected chi connectivity index (χ4v) is 1.75. The van der Waals surface area contributed by atoms with Gasteiger partial charge in [0.05, 0.1) is 5.56 Å². The molecule has 2 nitrogen and oxygen atoms in total. The van der Waals surface area contributed by atoms with Gasteiger partial charge in [-0.2, -0.15) is 0 Å². The maximum atomic E-state index is 13.3. The molecule has 86 valence electrons. The van der Waals surface area contributed by atoms with Crippen molar-refractivity contribution < 1.29 is 14.3 Å². The second-order valence-corrected chi connectivity index (χ2v) is 3.81. The van der Waals surface area contributed by atoms with Crippen LogP contribution in [0.25, 0.3) is 11.1 Å². The van der Waals surface area contributed by atoms with Crippen LogP contribution in [0.3, 0.4) is 0 Å². The molecule has 0 aliphatic heterocycles. The van der Waals surface area contributed by atoms with Crippen molar-refractivity contribution in [2.45, 2.75) is 6.92 Å². The lowest BCUT2D eigenvalue weighted by Gasteiger charge is -2.07. The molecule has 0 unspecified atom stereocenters. The van der Waals surface area contributed by atoms with Gasteiger partial charge in [0.1, 0.15) is 5.82 Å². The Kier molecular flexibility index (Phi) is 2.91. The first-order valence-corrected chi connectivity index (χ1v) is 5.18. The zero-order valence-electron chi connectivity index (χ0n) is 9.27. The van der Waals surface area contributed by atoms with Crippen LogP contribution >= 0.6 is 0 Å². The van der Waals surface area contributed by atoms with Crippen molar-refractivity contribution in [3.63, 3.8) is 0 Å². The van der Waals surface area contributed by atoms with Crippen LogP contribution in [0, 0.1) is 12.7 Å². The summed E-state index contributed by atoms with van der Waals surface area (Å²) in [5.41, 5.74) is 2.35. The minimum atomic E-state index is -1.25. The lowest BCUT2D eigenvalue weighted by Crippen LogP contribution is -2.00. The number of carbonyl (C=O) groups is 1. The Morgan fingerprint density at radius 1 is 1.18 bits per heavy atom. The molecule has 0 fully saturated rings. The highest BCUT2D eigenvalue weighted by Crippen LogP contribution is 2.25. The van der Waals surface area contributed by atoms with Crippen LogP contribution in [-0.4, -0.2) is 11.1 Å². The minimum absolute atomic E-state index is 0.300. The molecule has 0 amide bonds. The van der Waals surface area contributed by atoms with Crippen LogP contribution in [0.1, 0.15) is 15.9 Å². The molecule has 0 saturated heterocycles. The summed E-state index contributed by atoms with van der Waals surface area (Å²) >= 11 is 0. The van der Waals surface area contributed by atoms with Crippen molar-refractivity contribution in [3.05, 3.63) is 59.4 Å². The van der Waals surface area contributed by atoms with Crippen LogP contribution in [0.4, 0.5) is 4.39 Å². The third kappa shape index (κ3) is 2.18. The molecule has 0 spiro atoms. The molecule has 0 saturated carbocycles. The minimum Gasteiger partial charge on any atom is -0.478 e. The lowest BCUT2D eigenvalue weighted by molar-refractivity contribution is 0.0692. The van der Waals surface area contributed by atoms with Crippen molar-refractivity contribution in [1.82, 2.24) is 0 Å². The predicted octanol–water partition coefficient (Wildman–Crippen LogP) is 3.50. The normalized spacial score (nSPS) is 10.2. The van der Waals surface area contributed by atoms with E-state index in [9.17, 15) is 9.18 Å². The van der Waals surface area contributed by atoms with Gasteiger partial charge in [-0.25, -0.2) is 9.18 Å². The van der Waals surface area contributed by atoms with Crippen LogP contribution in [0.5, 0.6) is 0 Å². The molecule has 2 aromatic rings. The molecule has 3 heteroatoms. The zero-order chi connectivity index (χ0) is 12.4. The maximum absolute atomic E-state index is 13.3. The summed E-state index contributed by atoms with van der Waals surface area (Å²) in [4.78, 5) is 10.9. The Morgan fingerprint density at radius 2 is 1.88 bits per heavy atom. The summed E-state index contributed by atoms with van der Waals surface area (Å²) in [6.45, 7) is 1.93. The number of aryl methyl sites for hydroxylation is 1. The van der Waals surface area contributed by atoms with Gasteiger partial charge in [-0.1, -0.05) is 30.3 Å². The summed E-state index contributed by atoms with van der Waals surface area (Å²) < 4.78 is 13.3. The van der Waals surface area contributed by atoms with Gasteiger partial charge in [-0.05, 0) is 35.7 Å². The highest BCUT2D eigenvalue weighted by atomic mass is 19.1. The molecular weight excluding hydrogens is 219 g/mol. The van der Waals surface area contributed by atoms with Crippen molar-refractivity contribution in [2.24, 2.45) is 0 Å². The second-order valence-electron chi connectivity index (χ2n) is 3.81. The van der Waals surface area contributed by atoms with Crippen molar-refractivity contribution >= 4 is 5.97 Å². The zero-order valence-corrected chi connectivity index (χ0v) is 9.27. The van der Waals surface area contributed by atoms with Gasteiger partial charge in [0.15, 0.2) is 0 Å². The van der Waals surface area contributed by atoms with E-state index in [-0.39, 0.29) is 5.56 Å². The summed E-state index contributed by atoms with van der Waals surface area (Å²) in [6.07, 6.45) is 0. The molecule has 0 aliphatic rings. The summed E-state index contributed by atoms with van der Waals surface area (Å²) in [6, 6.07) is 11.7. The number of hydrogen-bond donors (Lipinski definition) is 1. The van der Waals surface area contributed by atoms with E-state index in [0.717, 1.165) is 11.1 Å². The van der Waals surface area contributed by atoms with Crippen LogP contribution in [0.15, 0.2) is 42.5 Å². The molecule has 0 aromatic heterocycles. The molecule has 2 aromatic carbocycles. The molecular formula is C14H11FO2.